The molecule has 1 saturated heterocycles. The molecule has 7 heteroatoms. The summed E-state index contributed by atoms with van der Waals surface area (Å²) < 4.78 is 5.86. The van der Waals surface area contributed by atoms with E-state index in [4.69, 9.17) is 4.42 Å². The quantitative estimate of drug-likeness (QED) is 0.792. The van der Waals surface area contributed by atoms with Gasteiger partial charge in [-0.05, 0) is 49.1 Å². The molecule has 0 saturated carbocycles. The summed E-state index contributed by atoms with van der Waals surface area (Å²) in [6.07, 6.45) is 1.74. The maximum atomic E-state index is 12.9. The number of urea groups is 1. The zero-order chi connectivity index (χ0) is 21.5. The van der Waals surface area contributed by atoms with Gasteiger partial charge in [-0.3, -0.25) is 4.79 Å². The van der Waals surface area contributed by atoms with Gasteiger partial charge in [-0.1, -0.05) is 13.8 Å². The number of phenols is 1. The van der Waals surface area contributed by atoms with Crippen molar-refractivity contribution < 1.29 is 19.1 Å². The number of piperazine rings is 1. The summed E-state index contributed by atoms with van der Waals surface area (Å²) in [6, 6.07) is 8.12. The highest BCUT2D eigenvalue weighted by atomic mass is 16.3. The lowest BCUT2D eigenvalue weighted by Crippen LogP contribution is -2.54. The minimum Gasteiger partial charge on any atom is -0.508 e. The van der Waals surface area contributed by atoms with Crippen LogP contribution in [-0.4, -0.2) is 53.0 Å². The van der Waals surface area contributed by atoms with Crippen LogP contribution in [0.4, 0.5) is 4.79 Å². The zero-order valence-electron chi connectivity index (χ0n) is 17.8. The van der Waals surface area contributed by atoms with Crippen LogP contribution in [0, 0.1) is 12.3 Å². The Balaban J connectivity index is 1.37. The van der Waals surface area contributed by atoms with E-state index in [0.29, 0.717) is 31.7 Å². The third kappa shape index (κ3) is 4.15. The minimum absolute atomic E-state index is 0.0600. The lowest BCUT2D eigenvalue weighted by molar-refractivity contribution is 0.0661. The monoisotopic (exact) mass is 411 g/mol. The molecule has 3 amide bonds. The molecule has 1 aliphatic carbocycles. The van der Waals surface area contributed by atoms with Gasteiger partial charge in [-0.25, -0.2) is 4.79 Å². The fourth-order valence-corrected chi connectivity index (χ4v) is 4.45. The molecule has 2 heterocycles. The van der Waals surface area contributed by atoms with Crippen LogP contribution in [0.2, 0.25) is 0 Å². The summed E-state index contributed by atoms with van der Waals surface area (Å²) in [5.41, 5.74) is 1.68. The van der Waals surface area contributed by atoms with Crippen molar-refractivity contribution in [3.63, 3.8) is 0 Å². The number of hydrogen-bond donors (Lipinski definition) is 2. The molecule has 7 nitrogen and oxygen atoms in total. The normalized spacial score (nSPS) is 20.6. The van der Waals surface area contributed by atoms with Gasteiger partial charge < -0.3 is 24.6 Å². The first kappa shape index (κ1) is 20.3. The molecular formula is C23H29N3O4. The van der Waals surface area contributed by atoms with Crippen molar-refractivity contribution in [1.29, 1.82) is 0 Å². The maximum absolute atomic E-state index is 12.9. The first-order valence-electron chi connectivity index (χ1n) is 10.4. The van der Waals surface area contributed by atoms with Crippen LogP contribution in [0.15, 0.2) is 34.7 Å². The van der Waals surface area contributed by atoms with Crippen molar-refractivity contribution in [3.8, 4) is 5.75 Å². The van der Waals surface area contributed by atoms with E-state index in [1.807, 2.05) is 13.0 Å². The average Bonchev–Trinajstić information content (AvgIpc) is 3.07. The lowest BCUT2D eigenvalue weighted by atomic mass is 9.75. The largest absolute Gasteiger partial charge is 0.508 e. The first-order chi connectivity index (χ1) is 14.2. The van der Waals surface area contributed by atoms with Gasteiger partial charge in [-0.2, -0.15) is 0 Å². The number of amides is 3. The third-order valence-electron chi connectivity index (χ3n) is 6.00. The second kappa shape index (κ2) is 7.70. The van der Waals surface area contributed by atoms with Crippen LogP contribution in [-0.2, 0) is 6.42 Å². The van der Waals surface area contributed by atoms with Crippen molar-refractivity contribution in [2.24, 2.45) is 5.41 Å². The minimum atomic E-state index is -0.0979. The number of furan rings is 1. The SMILES string of the molecule is Cc1cc2c(o1)CC(C)(C)CC2NC(=O)N1CCN(C(=O)c2ccc(O)cc2)CC1. The van der Waals surface area contributed by atoms with Crippen LogP contribution in [0.25, 0.3) is 0 Å². The van der Waals surface area contributed by atoms with Gasteiger partial charge >= 0.3 is 6.03 Å². The molecule has 1 aromatic carbocycles. The van der Waals surface area contributed by atoms with E-state index in [1.54, 1.807) is 21.9 Å². The number of aromatic hydroxyl groups is 1. The number of carbonyl (C=O) groups excluding carboxylic acids is 2. The maximum Gasteiger partial charge on any atom is 0.318 e. The number of aryl methyl sites for hydroxylation is 1. The molecule has 1 aliphatic heterocycles. The molecule has 2 aliphatic rings. The van der Waals surface area contributed by atoms with E-state index in [2.05, 4.69) is 19.2 Å². The molecule has 1 fully saturated rings. The molecule has 4 rings (SSSR count). The van der Waals surface area contributed by atoms with Crippen molar-refractivity contribution in [2.45, 2.75) is 39.7 Å². The highest BCUT2D eigenvalue weighted by molar-refractivity contribution is 5.94. The van der Waals surface area contributed by atoms with Gasteiger partial charge in [0.25, 0.3) is 5.91 Å². The molecule has 1 aromatic heterocycles. The summed E-state index contributed by atoms with van der Waals surface area (Å²) in [7, 11) is 0. The van der Waals surface area contributed by atoms with Crippen molar-refractivity contribution >= 4 is 11.9 Å². The van der Waals surface area contributed by atoms with E-state index in [9.17, 15) is 14.7 Å². The Morgan fingerprint density at radius 1 is 1.10 bits per heavy atom. The number of fused-ring (bicyclic) bond motifs is 1. The Hall–Kier alpha value is -2.96. The third-order valence-corrected chi connectivity index (χ3v) is 6.00. The molecule has 2 N–H and O–H groups in total. The van der Waals surface area contributed by atoms with Gasteiger partial charge in [0.2, 0.25) is 0 Å². The molecule has 1 atom stereocenters. The molecular weight excluding hydrogens is 382 g/mol. The lowest BCUT2D eigenvalue weighted by Gasteiger charge is -2.38. The number of nitrogens with one attached hydrogen (secondary N) is 1. The summed E-state index contributed by atoms with van der Waals surface area (Å²) in [6.45, 7) is 8.28. The summed E-state index contributed by atoms with van der Waals surface area (Å²) >= 11 is 0. The second-order valence-corrected chi connectivity index (χ2v) is 9.11. The predicted octanol–water partition coefficient (Wildman–Crippen LogP) is 3.47. The molecule has 160 valence electrons. The highest BCUT2D eigenvalue weighted by Gasteiger charge is 2.36. The Morgan fingerprint density at radius 3 is 2.40 bits per heavy atom. The molecule has 30 heavy (non-hydrogen) atoms. The summed E-state index contributed by atoms with van der Waals surface area (Å²) in [5, 5.41) is 12.6. The van der Waals surface area contributed by atoms with Crippen LogP contribution in [0.5, 0.6) is 5.75 Å². The summed E-state index contributed by atoms with van der Waals surface area (Å²) in [4.78, 5) is 29.1. The predicted molar refractivity (Wildman–Crippen MR) is 112 cm³/mol. The van der Waals surface area contributed by atoms with Crippen molar-refractivity contribution in [2.75, 3.05) is 26.2 Å². The number of benzene rings is 1. The van der Waals surface area contributed by atoms with Crippen LogP contribution < -0.4 is 5.32 Å². The van der Waals surface area contributed by atoms with Gasteiger partial charge in [0.1, 0.15) is 17.3 Å². The van der Waals surface area contributed by atoms with Gasteiger partial charge in [0.05, 0.1) is 6.04 Å². The van der Waals surface area contributed by atoms with E-state index < -0.39 is 0 Å². The molecule has 0 spiro atoms. The Kier molecular flexibility index (Phi) is 5.22. The number of carbonyl (C=O) groups is 2. The Bertz CT molecular complexity index is 940. The number of phenolic OH excluding ortho intramolecular Hbond substituents is 1. The van der Waals surface area contributed by atoms with Gasteiger partial charge in [0.15, 0.2) is 0 Å². The number of rotatable bonds is 2. The van der Waals surface area contributed by atoms with E-state index in [0.717, 1.165) is 29.9 Å². The highest BCUT2D eigenvalue weighted by Crippen LogP contribution is 2.42. The van der Waals surface area contributed by atoms with Crippen LogP contribution >= 0.6 is 0 Å². The van der Waals surface area contributed by atoms with Gasteiger partial charge in [-0.15, -0.1) is 0 Å². The Labute approximate surface area is 176 Å². The van der Waals surface area contributed by atoms with E-state index in [-0.39, 0.29) is 29.1 Å². The van der Waals surface area contributed by atoms with Gasteiger partial charge in [0, 0.05) is 43.7 Å². The molecule has 0 radical (unpaired) electrons. The summed E-state index contributed by atoms with van der Waals surface area (Å²) in [5.74, 6) is 1.90. The van der Waals surface area contributed by atoms with Crippen LogP contribution in [0.3, 0.4) is 0 Å². The molecule has 0 bridgehead atoms. The van der Waals surface area contributed by atoms with Crippen molar-refractivity contribution in [1.82, 2.24) is 15.1 Å². The van der Waals surface area contributed by atoms with E-state index >= 15 is 0 Å². The van der Waals surface area contributed by atoms with Crippen molar-refractivity contribution in [3.05, 3.63) is 53.0 Å². The topological polar surface area (TPSA) is 86.0 Å². The fourth-order valence-electron chi connectivity index (χ4n) is 4.45. The second-order valence-electron chi connectivity index (χ2n) is 9.11. The fraction of sp³-hybridized carbons (Fsp3) is 0.478. The number of hydrogen-bond acceptors (Lipinski definition) is 4. The smallest absolute Gasteiger partial charge is 0.318 e. The molecule has 1 unspecified atom stereocenters. The first-order valence-corrected chi connectivity index (χ1v) is 10.4. The number of nitrogens with zero attached hydrogens (tertiary/aromatic N) is 2. The average molecular weight is 412 g/mol. The van der Waals surface area contributed by atoms with Crippen LogP contribution in [0.1, 0.15) is 53.8 Å². The standard InChI is InChI=1S/C23H29N3O4/c1-15-12-18-19(13-23(2,3)14-20(18)30-15)24-22(29)26-10-8-25(9-11-26)21(28)16-4-6-17(27)7-5-16/h4-7,12,19,27H,8-11,13-14H2,1-3H3,(H,24,29). The Morgan fingerprint density at radius 2 is 1.73 bits per heavy atom. The van der Waals surface area contributed by atoms with E-state index in [1.165, 1.54) is 12.1 Å². The zero-order valence-corrected chi connectivity index (χ0v) is 17.8. The molecule has 2 aromatic rings.